The van der Waals surface area contributed by atoms with Crippen LogP contribution in [0.15, 0.2) is 52.3 Å². The van der Waals surface area contributed by atoms with Crippen LogP contribution in [0.25, 0.3) is 0 Å². The number of carbonyl (C=O) groups excluding carboxylic acids is 1. The Hall–Kier alpha value is -2.65. The number of nitrogens with zero attached hydrogens (tertiary/aromatic N) is 1. The van der Waals surface area contributed by atoms with Gasteiger partial charge in [0.1, 0.15) is 11.8 Å². The van der Waals surface area contributed by atoms with Crippen molar-refractivity contribution in [2.24, 2.45) is 5.92 Å². The molecule has 2 aromatic carbocycles. The van der Waals surface area contributed by atoms with Gasteiger partial charge in [0.05, 0.1) is 28.4 Å². The van der Waals surface area contributed by atoms with Crippen molar-refractivity contribution in [3.63, 3.8) is 0 Å². The molecule has 1 aliphatic carbocycles. The van der Waals surface area contributed by atoms with Gasteiger partial charge in [-0.3, -0.25) is 4.79 Å². The number of amides is 1. The molecule has 1 aliphatic rings. The standard InChI is InChI=1S/C18H16N2O3S/c1-23-15-5-7-16(8-6-15)24(22)17-9-4-14(10-13(17)11-19)20-18(21)12-2-3-12/h4-10,12H,2-3H2,1H3,(H,20,21)/t24-/m0/s1. The first-order chi connectivity index (χ1) is 11.6. The average molecular weight is 340 g/mol. The molecule has 1 N–H and O–H groups in total. The van der Waals surface area contributed by atoms with E-state index in [1.54, 1.807) is 49.6 Å². The largest absolute Gasteiger partial charge is 0.497 e. The SMILES string of the molecule is COc1ccc([S@](=O)c2ccc(NC(=O)C3CC3)cc2C#N)cc1. The maximum atomic E-state index is 12.7. The molecule has 0 spiro atoms. The summed E-state index contributed by atoms with van der Waals surface area (Å²) in [6, 6.07) is 13.8. The molecule has 0 aromatic heterocycles. The van der Waals surface area contributed by atoms with E-state index >= 15 is 0 Å². The Labute approximate surface area is 142 Å². The molecule has 3 rings (SSSR count). The minimum absolute atomic E-state index is 0.0251. The maximum absolute atomic E-state index is 12.7. The van der Waals surface area contributed by atoms with Crippen LogP contribution < -0.4 is 10.1 Å². The molecule has 1 saturated carbocycles. The highest BCUT2D eigenvalue weighted by molar-refractivity contribution is 7.85. The average Bonchev–Trinajstić information content (AvgIpc) is 3.46. The summed E-state index contributed by atoms with van der Waals surface area (Å²) in [7, 11) is 0.0873. The van der Waals surface area contributed by atoms with Crippen LogP contribution in [0.4, 0.5) is 5.69 Å². The number of hydrogen-bond acceptors (Lipinski definition) is 4. The third kappa shape index (κ3) is 3.47. The molecule has 0 saturated heterocycles. The summed E-state index contributed by atoms with van der Waals surface area (Å²) in [6.07, 6.45) is 1.83. The van der Waals surface area contributed by atoms with E-state index in [4.69, 9.17) is 4.74 Å². The molecule has 6 heteroatoms. The van der Waals surface area contributed by atoms with Gasteiger partial charge in [-0.15, -0.1) is 0 Å². The quantitative estimate of drug-likeness (QED) is 0.907. The summed E-state index contributed by atoms with van der Waals surface area (Å²) in [6.45, 7) is 0. The van der Waals surface area contributed by atoms with Gasteiger partial charge < -0.3 is 10.1 Å². The lowest BCUT2D eigenvalue weighted by atomic mass is 10.2. The number of ether oxygens (including phenoxy) is 1. The van der Waals surface area contributed by atoms with E-state index in [9.17, 15) is 14.3 Å². The van der Waals surface area contributed by atoms with Crippen LogP contribution in [0, 0.1) is 17.2 Å². The van der Waals surface area contributed by atoms with Gasteiger partial charge in [-0.1, -0.05) is 0 Å². The van der Waals surface area contributed by atoms with Crippen molar-refractivity contribution >= 4 is 22.4 Å². The predicted molar refractivity (Wildman–Crippen MR) is 90.2 cm³/mol. The first kappa shape index (κ1) is 16.2. The van der Waals surface area contributed by atoms with E-state index in [0.717, 1.165) is 12.8 Å². The molecule has 0 aliphatic heterocycles. The van der Waals surface area contributed by atoms with Crippen molar-refractivity contribution in [3.05, 3.63) is 48.0 Å². The van der Waals surface area contributed by atoms with Crippen LogP contribution in [0.2, 0.25) is 0 Å². The Kier molecular flexibility index (Phi) is 4.63. The van der Waals surface area contributed by atoms with Gasteiger partial charge >= 0.3 is 0 Å². The van der Waals surface area contributed by atoms with Crippen LogP contribution in [-0.2, 0) is 15.6 Å². The highest BCUT2D eigenvalue weighted by Gasteiger charge is 2.29. The second kappa shape index (κ2) is 6.85. The Balaban J connectivity index is 1.85. The topological polar surface area (TPSA) is 79.2 Å². The summed E-state index contributed by atoms with van der Waals surface area (Å²) < 4.78 is 17.8. The molecule has 0 unspecified atom stereocenters. The minimum Gasteiger partial charge on any atom is -0.497 e. The Morgan fingerprint density at radius 3 is 2.54 bits per heavy atom. The maximum Gasteiger partial charge on any atom is 0.227 e. The van der Waals surface area contributed by atoms with Gasteiger partial charge in [0.2, 0.25) is 5.91 Å². The van der Waals surface area contributed by atoms with Crippen LogP contribution >= 0.6 is 0 Å². The molecule has 0 bridgehead atoms. The highest BCUT2D eigenvalue weighted by atomic mass is 32.2. The van der Waals surface area contributed by atoms with E-state index in [1.165, 1.54) is 0 Å². The van der Waals surface area contributed by atoms with Crippen LogP contribution in [0.5, 0.6) is 5.75 Å². The Bertz CT molecular complexity index is 836. The van der Waals surface area contributed by atoms with E-state index in [-0.39, 0.29) is 17.4 Å². The zero-order valence-corrected chi connectivity index (χ0v) is 13.9. The van der Waals surface area contributed by atoms with E-state index in [0.29, 0.717) is 21.2 Å². The van der Waals surface area contributed by atoms with E-state index in [1.807, 2.05) is 0 Å². The highest BCUT2D eigenvalue weighted by Crippen LogP contribution is 2.31. The molecule has 1 amide bonds. The number of benzene rings is 2. The first-order valence-corrected chi connectivity index (χ1v) is 8.68. The van der Waals surface area contributed by atoms with Crippen molar-refractivity contribution < 1.29 is 13.7 Å². The second-order valence-electron chi connectivity index (χ2n) is 5.53. The number of anilines is 1. The minimum atomic E-state index is -1.48. The van der Waals surface area contributed by atoms with Crippen molar-refractivity contribution in [2.45, 2.75) is 22.6 Å². The van der Waals surface area contributed by atoms with Crippen molar-refractivity contribution in [2.75, 3.05) is 12.4 Å². The van der Waals surface area contributed by atoms with Crippen LogP contribution in [0.1, 0.15) is 18.4 Å². The predicted octanol–water partition coefficient (Wildman–Crippen LogP) is 3.08. The number of hydrogen-bond donors (Lipinski definition) is 1. The van der Waals surface area contributed by atoms with Gasteiger partial charge in [-0.2, -0.15) is 5.26 Å². The first-order valence-electron chi connectivity index (χ1n) is 7.53. The number of methoxy groups -OCH3 is 1. The van der Waals surface area contributed by atoms with Gasteiger partial charge in [-0.05, 0) is 55.3 Å². The fraction of sp³-hybridized carbons (Fsp3) is 0.222. The van der Waals surface area contributed by atoms with Crippen LogP contribution in [0.3, 0.4) is 0 Å². The number of rotatable bonds is 5. The Morgan fingerprint density at radius 2 is 1.96 bits per heavy atom. The molecule has 0 heterocycles. The summed E-state index contributed by atoms with van der Waals surface area (Å²) in [5.41, 5.74) is 0.844. The molecule has 5 nitrogen and oxygen atoms in total. The van der Waals surface area contributed by atoms with Crippen molar-refractivity contribution in [1.29, 1.82) is 5.26 Å². The normalized spacial score (nSPS) is 14.5. The fourth-order valence-electron chi connectivity index (χ4n) is 2.27. The molecule has 2 aromatic rings. The number of nitriles is 1. The van der Waals surface area contributed by atoms with Gasteiger partial charge in [0.15, 0.2) is 0 Å². The number of nitrogens with one attached hydrogen (secondary N) is 1. The lowest BCUT2D eigenvalue weighted by Gasteiger charge is -2.09. The second-order valence-corrected chi connectivity index (χ2v) is 6.98. The van der Waals surface area contributed by atoms with E-state index in [2.05, 4.69) is 11.4 Å². The third-order valence-electron chi connectivity index (χ3n) is 3.79. The lowest BCUT2D eigenvalue weighted by Crippen LogP contribution is -2.13. The molecule has 1 fully saturated rings. The van der Waals surface area contributed by atoms with Crippen molar-refractivity contribution in [1.82, 2.24) is 0 Å². The van der Waals surface area contributed by atoms with Crippen molar-refractivity contribution in [3.8, 4) is 11.8 Å². The molecular weight excluding hydrogens is 324 g/mol. The summed E-state index contributed by atoms with van der Waals surface area (Å²) in [5, 5.41) is 12.2. The molecule has 0 radical (unpaired) electrons. The summed E-state index contributed by atoms with van der Waals surface area (Å²) in [4.78, 5) is 12.8. The zero-order chi connectivity index (χ0) is 17.1. The molecule has 24 heavy (non-hydrogen) atoms. The molecule has 122 valence electrons. The van der Waals surface area contributed by atoms with Gasteiger partial charge in [-0.25, -0.2) is 4.21 Å². The molecule has 1 atom stereocenters. The van der Waals surface area contributed by atoms with Gasteiger partial charge in [0, 0.05) is 16.5 Å². The third-order valence-corrected chi connectivity index (χ3v) is 5.24. The number of carbonyl (C=O) groups is 1. The summed E-state index contributed by atoms with van der Waals surface area (Å²) in [5.74, 6) is 0.737. The summed E-state index contributed by atoms with van der Waals surface area (Å²) >= 11 is 0. The zero-order valence-electron chi connectivity index (χ0n) is 13.1. The lowest BCUT2D eigenvalue weighted by molar-refractivity contribution is -0.117. The monoisotopic (exact) mass is 340 g/mol. The van der Waals surface area contributed by atoms with Gasteiger partial charge in [0.25, 0.3) is 0 Å². The smallest absolute Gasteiger partial charge is 0.227 e. The molecular formula is C18H16N2O3S. The van der Waals surface area contributed by atoms with Crippen LogP contribution in [-0.4, -0.2) is 17.2 Å². The van der Waals surface area contributed by atoms with E-state index < -0.39 is 10.8 Å². The fourth-order valence-corrected chi connectivity index (χ4v) is 3.41. The Morgan fingerprint density at radius 1 is 1.25 bits per heavy atom.